The van der Waals surface area contributed by atoms with E-state index in [0.717, 1.165) is 12.2 Å². The number of aromatic nitrogens is 2. The van der Waals surface area contributed by atoms with Crippen LogP contribution < -0.4 is 5.32 Å². The zero-order chi connectivity index (χ0) is 9.31. The molecule has 0 amide bonds. The maximum absolute atomic E-state index is 10.1. The molecule has 0 radical (unpaired) electrons. The van der Waals surface area contributed by atoms with Crippen LogP contribution in [0, 0.1) is 4.77 Å². The summed E-state index contributed by atoms with van der Waals surface area (Å²) in [6, 6.07) is 1.77. The van der Waals surface area contributed by atoms with Gasteiger partial charge < -0.3 is 15.4 Å². The largest absolute Gasteiger partial charge is 0.382 e. The number of H-pyrrole nitrogens is 1. The Hall–Kier alpha value is -0.780. The molecule has 0 saturated carbocycles. The number of nitrogens with one attached hydrogen (secondary N) is 2. The zero-order valence-corrected chi connectivity index (χ0v) is 7.90. The Labute approximate surface area is 81.0 Å². The highest BCUT2D eigenvalue weighted by Crippen LogP contribution is 2.24. The normalized spacial score (nSPS) is 27.8. The minimum absolute atomic E-state index is 0.415. The first kappa shape index (κ1) is 8.80. The Morgan fingerprint density at radius 3 is 3.08 bits per heavy atom. The minimum Gasteiger partial charge on any atom is -0.382 e. The van der Waals surface area contributed by atoms with E-state index >= 15 is 0 Å². The maximum atomic E-state index is 10.1. The molecule has 3 N–H and O–H groups in total. The Morgan fingerprint density at radius 2 is 2.46 bits per heavy atom. The number of aromatic amines is 1. The van der Waals surface area contributed by atoms with Gasteiger partial charge in [-0.15, -0.1) is 0 Å². The van der Waals surface area contributed by atoms with Crippen molar-refractivity contribution in [3.8, 4) is 0 Å². The molecule has 1 saturated heterocycles. The van der Waals surface area contributed by atoms with Crippen LogP contribution in [-0.4, -0.2) is 28.2 Å². The van der Waals surface area contributed by atoms with Gasteiger partial charge >= 0.3 is 0 Å². The Kier molecular flexibility index (Phi) is 2.15. The Balaban J connectivity index is 2.39. The highest BCUT2D eigenvalue weighted by Gasteiger charge is 2.33. The first-order valence-corrected chi connectivity index (χ1v) is 4.60. The van der Waals surface area contributed by atoms with Crippen molar-refractivity contribution in [3.05, 3.63) is 22.7 Å². The van der Waals surface area contributed by atoms with Crippen LogP contribution in [0.5, 0.6) is 0 Å². The summed E-state index contributed by atoms with van der Waals surface area (Å²) in [5, 5.41) is 13.2. The van der Waals surface area contributed by atoms with Crippen molar-refractivity contribution in [2.45, 2.75) is 12.0 Å². The molecule has 1 aliphatic heterocycles. The van der Waals surface area contributed by atoms with Crippen LogP contribution in [0.1, 0.15) is 12.1 Å². The minimum atomic E-state index is -0.795. The van der Waals surface area contributed by atoms with Crippen LogP contribution in [0.3, 0.4) is 0 Å². The number of hydrogen-bond acceptors (Lipinski definition) is 4. The molecule has 2 heterocycles. The molecule has 5 heteroatoms. The van der Waals surface area contributed by atoms with Gasteiger partial charge in [-0.25, -0.2) is 4.98 Å². The molecular weight excluding hydrogens is 186 g/mol. The van der Waals surface area contributed by atoms with Crippen molar-refractivity contribution in [3.63, 3.8) is 0 Å². The first-order chi connectivity index (χ1) is 6.21. The predicted molar refractivity (Wildman–Crippen MR) is 50.8 cm³/mol. The van der Waals surface area contributed by atoms with E-state index in [1.807, 2.05) is 0 Å². The second-order valence-corrected chi connectivity index (χ2v) is 3.63. The smallest absolute Gasteiger partial charge is 0.197 e. The van der Waals surface area contributed by atoms with E-state index in [2.05, 4.69) is 15.3 Å². The zero-order valence-electron chi connectivity index (χ0n) is 7.08. The summed E-state index contributed by atoms with van der Waals surface area (Å²) < 4.78 is 0.415. The van der Waals surface area contributed by atoms with Gasteiger partial charge in [0.15, 0.2) is 4.77 Å². The molecule has 2 rings (SSSR count). The van der Waals surface area contributed by atoms with E-state index in [1.54, 1.807) is 12.3 Å². The summed E-state index contributed by atoms with van der Waals surface area (Å²) in [5.74, 6) is 0. The van der Waals surface area contributed by atoms with Gasteiger partial charge in [0.2, 0.25) is 0 Å². The van der Waals surface area contributed by atoms with Gasteiger partial charge in [0, 0.05) is 12.7 Å². The molecule has 1 aromatic rings. The lowest BCUT2D eigenvalue weighted by Crippen LogP contribution is -2.29. The summed E-state index contributed by atoms with van der Waals surface area (Å²) in [5.41, 5.74) is -0.0475. The van der Waals surface area contributed by atoms with Crippen LogP contribution in [0.4, 0.5) is 0 Å². The fourth-order valence-electron chi connectivity index (χ4n) is 1.55. The quantitative estimate of drug-likeness (QED) is 0.567. The summed E-state index contributed by atoms with van der Waals surface area (Å²) in [6.07, 6.45) is 2.33. The van der Waals surface area contributed by atoms with Gasteiger partial charge in [-0.1, -0.05) is 0 Å². The van der Waals surface area contributed by atoms with Crippen molar-refractivity contribution in [2.75, 3.05) is 13.1 Å². The highest BCUT2D eigenvalue weighted by molar-refractivity contribution is 7.71. The number of hydrogen-bond donors (Lipinski definition) is 3. The molecule has 1 unspecified atom stereocenters. The van der Waals surface area contributed by atoms with Gasteiger partial charge in [0.1, 0.15) is 5.60 Å². The van der Waals surface area contributed by atoms with E-state index in [9.17, 15) is 5.11 Å². The van der Waals surface area contributed by atoms with E-state index in [4.69, 9.17) is 12.2 Å². The standard InChI is InChI=1S/C8H11N3OS/c12-8(2-4-9-5-8)6-1-3-10-7(13)11-6/h1,3,9,12H,2,4-5H2,(H,10,11,13). The third-order valence-electron chi connectivity index (χ3n) is 2.31. The molecule has 1 aliphatic rings. The third kappa shape index (κ3) is 1.63. The average molecular weight is 197 g/mol. The van der Waals surface area contributed by atoms with Crippen molar-refractivity contribution in [1.82, 2.24) is 15.3 Å². The SMILES string of the molecule is OC1(c2ccnc(=S)[nH]2)CCNC1. The van der Waals surface area contributed by atoms with E-state index in [-0.39, 0.29) is 0 Å². The van der Waals surface area contributed by atoms with Crippen LogP contribution in [0.15, 0.2) is 12.3 Å². The van der Waals surface area contributed by atoms with Crippen LogP contribution in [-0.2, 0) is 5.60 Å². The second-order valence-electron chi connectivity index (χ2n) is 3.25. The summed E-state index contributed by atoms with van der Waals surface area (Å²) in [6.45, 7) is 1.40. The fourth-order valence-corrected chi connectivity index (χ4v) is 1.72. The molecule has 0 aliphatic carbocycles. The molecular formula is C8H11N3OS. The summed E-state index contributed by atoms with van der Waals surface area (Å²) in [7, 11) is 0. The Morgan fingerprint density at radius 1 is 1.62 bits per heavy atom. The molecule has 70 valence electrons. The van der Waals surface area contributed by atoms with Gasteiger partial charge in [-0.05, 0) is 31.2 Å². The van der Waals surface area contributed by atoms with Crippen LogP contribution >= 0.6 is 12.2 Å². The number of β-amino-alcohol motifs (C(OH)–C–C–N with tert-alkyl or cyclic N) is 1. The van der Waals surface area contributed by atoms with Crippen LogP contribution in [0.2, 0.25) is 0 Å². The van der Waals surface area contributed by atoms with Crippen LogP contribution in [0.25, 0.3) is 0 Å². The average Bonchev–Trinajstić information content (AvgIpc) is 2.54. The molecule has 1 fully saturated rings. The molecule has 0 spiro atoms. The second kappa shape index (κ2) is 3.17. The number of aliphatic hydroxyl groups is 1. The van der Waals surface area contributed by atoms with Crippen molar-refractivity contribution < 1.29 is 5.11 Å². The lowest BCUT2D eigenvalue weighted by atomic mass is 9.99. The summed E-state index contributed by atoms with van der Waals surface area (Å²) >= 11 is 4.89. The summed E-state index contributed by atoms with van der Waals surface area (Å²) in [4.78, 5) is 6.77. The van der Waals surface area contributed by atoms with Gasteiger partial charge in [0.05, 0.1) is 5.69 Å². The lowest BCUT2D eigenvalue weighted by molar-refractivity contribution is 0.0539. The van der Waals surface area contributed by atoms with Crippen molar-refractivity contribution in [1.29, 1.82) is 0 Å². The first-order valence-electron chi connectivity index (χ1n) is 4.20. The van der Waals surface area contributed by atoms with Gasteiger partial charge in [-0.2, -0.15) is 0 Å². The molecule has 4 nitrogen and oxygen atoms in total. The predicted octanol–water partition coefficient (Wildman–Crippen LogP) is 0.320. The van der Waals surface area contributed by atoms with Crippen molar-refractivity contribution >= 4 is 12.2 Å². The number of rotatable bonds is 1. The molecule has 0 bridgehead atoms. The lowest BCUT2D eigenvalue weighted by Gasteiger charge is -2.20. The maximum Gasteiger partial charge on any atom is 0.197 e. The van der Waals surface area contributed by atoms with Gasteiger partial charge in [-0.3, -0.25) is 0 Å². The topological polar surface area (TPSA) is 60.9 Å². The fraction of sp³-hybridized carbons (Fsp3) is 0.500. The third-order valence-corrected chi connectivity index (χ3v) is 2.52. The molecule has 1 aromatic heterocycles. The van der Waals surface area contributed by atoms with Gasteiger partial charge in [0.25, 0.3) is 0 Å². The molecule has 1 atom stereocenters. The van der Waals surface area contributed by atoms with E-state index in [1.165, 1.54) is 0 Å². The van der Waals surface area contributed by atoms with E-state index < -0.39 is 5.60 Å². The Bertz CT molecular complexity index is 356. The van der Waals surface area contributed by atoms with Crippen molar-refractivity contribution in [2.24, 2.45) is 0 Å². The highest BCUT2D eigenvalue weighted by atomic mass is 32.1. The molecule has 0 aromatic carbocycles. The molecule has 13 heavy (non-hydrogen) atoms. The number of nitrogens with zero attached hydrogens (tertiary/aromatic N) is 1. The monoisotopic (exact) mass is 197 g/mol. The van der Waals surface area contributed by atoms with E-state index in [0.29, 0.717) is 17.7 Å².